The number of anilines is 1. The van der Waals surface area contributed by atoms with Crippen LogP contribution < -0.4 is 15.4 Å². The minimum Gasteiger partial charge on any atom is -0.434 e. The lowest BCUT2D eigenvalue weighted by Crippen LogP contribution is -2.35. The van der Waals surface area contributed by atoms with Gasteiger partial charge >= 0.3 is 0 Å². The predicted molar refractivity (Wildman–Crippen MR) is 123 cm³/mol. The molecule has 2 aromatic carbocycles. The molecule has 0 unspecified atom stereocenters. The van der Waals surface area contributed by atoms with E-state index in [1.807, 2.05) is 20.0 Å². The summed E-state index contributed by atoms with van der Waals surface area (Å²) in [5, 5.41) is 9.42. The lowest BCUT2D eigenvalue weighted by Gasteiger charge is -2.12. The maximum atomic E-state index is 14.7. The molecule has 0 bridgehead atoms. The number of amides is 1. The van der Waals surface area contributed by atoms with E-state index in [0.717, 1.165) is 11.1 Å². The molecule has 0 atom stereocenters. The second-order valence-electron chi connectivity index (χ2n) is 7.35. The topological polar surface area (TPSA) is 80.6 Å². The number of hydrogen-bond donors (Lipinski definition) is 2. The predicted octanol–water partition coefficient (Wildman–Crippen LogP) is 4.47. The Morgan fingerprint density at radius 1 is 1.15 bits per heavy atom. The number of halogens is 2. The molecule has 2 N–H and O–H groups in total. The van der Waals surface area contributed by atoms with Gasteiger partial charge in [0.1, 0.15) is 17.7 Å². The number of hydrogen-bond acceptors (Lipinski definition) is 5. The summed E-state index contributed by atoms with van der Waals surface area (Å²) in [5.74, 6) is -1.19. The minimum atomic E-state index is -0.641. The van der Waals surface area contributed by atoms with Gasteiger partial charge in [-0.1, -0.05) is 12.1 Å². The van der Waals surface area contributed by atoms with E-state index < -0.39 is 5.82 Å². The second-order valence-corrected chi connectivity index (χ2v) is 7.76. The second kappa shape index (κ2) is 9.29. The number of aryl methyl sites for hydroxylation is 2. The zero-order valence-electron chi connectivity index (χ0n) is 17.7. The van der Waals surface area contributed by atoms with E-state index in [-0.39, 0.29) is 34.9 Å². The summed E-state index contributed by atoms with van der Waals surface area (Å²) in [4.78, 5) is 16.3. The Labute approximate surface area is 193 Å². The van der Waals surface area contributed by atoms with Gasteiger partial charge in [-0.3, -0.25) is 4.79 Å². The number of ether oxygens (including phenoxy) is 1. The number of aromatic nitrogens is 3. The first kappa shape index (κ1) is 22.3. The van der Waals surface area contributed by atoms with E-state index in [1.165, 1.54) is 42.7 Å². The Morgan fingerprint density at radius 2 is 1.91 bits per heavy atom. The van der Waals surface area contributed by atoms with Crippen molar-refractivity contribution in [3.63, 3.8) is 0 Å². The van der Waals surface area contributed by atoms with Crippen molar-refractivity contribution < 1.29 is 18.3 Å². The van der Waals surface area contributed by atoms with Gasteiger partial charge in [-0.15, -0.1) is 0 Å². The first-order chi connectivity index (χ1) is 15.8. The normalized spacial score (nSPS) is 10.8. The number of carbonyl (C=O) groups is 1. The van der Waals surface area contributed by atoms with Crippen molar-refractivity contribution in [1.29, 1.82) is 0 Å². The Balaban J connectivity index is 1.41. The molecule has 2 heterocycles. The largest absolute Gasteiger partial charge is 0.434 e. The average Bonchev–Trinajstić information content (AvgIpc) is 3.06. The third-order valence-corrected chi connectivity index (χ3v) is 5.18. The highest BCUT2D eigenvalue weighted by atomic mass is 32.1. The number of carbonyl (C=O) groups excluding carboxylic acids is 1. The summed E-state index contributed by atoms with van der Waals surface area (Å²) in [6.45, 7) is 3.85. The Kier molecular flexibility index (Phi) is 6.27. The Hall–Kier alpha value is -3.92. The van der Waals surface area contributed by atoms with Crippen molar-refractivity contribution in [2.75, 3.05) is 5.32 Å². The van der Waals surface area contributed by atoms with Crippen LogP contribution in [-0.2, 0) is 11.2 Å². The van der Waals surface area contributed by atoms with Crippen LogP contribution in [0.3, 0.4) is 0 Å². The van der Waals surface area contributed by atoms with Crippen LogP contribution in [0.5, 0.6) is 11.6 Å². The van der Waals surface area contributed by atoms with Gasteiger partial charge in [0, 0.05) is 18.0 Å². The quantitative estimate of drug-likeness (QED) is 0.422. The molecule has 0 aliphatic rings. The molecule has 0 radical (unpaired) electrons. The summed E-state index contributed by atoms with van der Waals surface area (Å²) in [6.07, 6.45) is 3.20. The van der Waals surface area contributed by atoms with Gasteiger partial charge in [0.25, 0.3) is 0 Å². The van der Waals surface area contributed by atoms with Gasteiger partial charge in [0.05, 0.1) is 6.42 Å². The van der Waals surface area contributed by atoms with Crippen molar-refractivity contribution in [1.82, 2.24) is 19.9 Å². The van der Waals surface area contributed by atoms with Gasteiger partial charge in [0.15, 0.2) is 16.7 Å². The fourth-order valence-electron chi connectivity index (χ4n) is 3.21. The van der Waals surface area contributed by atoms with Gasteiger partial charge in [-0.05, 0) is 67.0 Å². The van der Waals surface area contributed by atoms with Crippen molar-refractivity contribution in [2.24, 2.45) is 0 Å². The van der Waals surface area contributed by atoms with Crippen LogP contribution in [0.25, 0.3) is 5.52 Å². The molecule has 33 heavy (non-hydrogen) atoms. The van der Waals surface area contributed by atoms with Gasteiger partial charge < -0.3 is 15.4 Å². The summed E-state index contributed by atoms with van der Waals surface area (Å²) in [6, 6.07) is 9.77. The average molecular weight is 468 g/mol. The molecule has 0 saturated heterocycles. The number of rotatable bonds is 5. The first-order valence-electron chi connectivity index (χ1n) is 9.92. The highest BCUT2D eigenvalue weighted by molar-refractivity contribution is 7.80. The van der Waals surface area contributed by atoms with E-state index in [0.29, 0.717) is 16.8 Å². The van der Waals surface area contributed by atoms with Crippen LogP contribution in [0, 0.1) is 25.5 Å². The first-order valence-corrected chi connectivity index (χ1v) is 10.3. The van der Waals surface area contributed by atoms with E-state index in [2.05, 4.69) is 20.7 Å². The highest BCUT2D eigenvalue weighted by Crippen LogP contribution is 2.30. The smallest absolute Gasteiger partial charge is 0.247 e. The van der Waals surface area contributed by atoms with E-state index in [9.17, 15) is 13.6 Å². The van der Waals surface area contributed by atoms with Gasteiger partial charge in [0.2, 0.25) is 11.8 Å². The summed E-state index contributed by atoms with van der Waals surface area (Å²) in [5.41, 5.74) is 3.56. The van der Waals surface area contributed by atoms with Crippen LogP contribution in [0.2, 0.25) is 0 Å². The third-order valence-electron chi connectivity index (χ3n) is 4.97. The molecule has 10 heteroatoms. The molecule has 0 fully saturated rings. The van der Waals surface area contributed by atoms with E-state index in [1.54, 1.807) is 10.6 Å². The van der Waals surface area contributed by atoms with Crippen LogP contribution in [-0.4, -0.2) is 25.6 Å². The molecule has 7 nitrogen and oxygen atoms in total. The summed E-state index contributed by atoms with van der Waals surface area (Å²) < 4.78 is 35.0. The summed E-state index contributed by atoms with van der Waals surface area (Å²) >= 11 is 5.12. The monoisotopic (exact) mass is 467 g/mol. The molecule has 1 amide bonds. The van der Waals surface area contributed by atoms with E-state index >= 15 is 0 Å². The molecule has 0 aliphatic heterocycles. The molecule has 0 saturated carbocycles. The van der Waals surface area contributed by atoms with Crippen LogP contribution in [0.1, 0.15) is 16.7 Å². The lowest BCUT2D eigenvalue weighted by atomic mass is 10.1. The lowest BCUT2D eigenvalue weighted by molar-refractivity contribution is -0.119. The van der Waals surface area contributed by atoms with Crippen molar-refractivity contribution in [2.45, 2.75) is 20.3 Å². The molecule has 2 aromatic heterocycles. The zero-order valence-corrected chi connectivity index (χ0v) is 18.5. The van der Waals surface area contributed by atoms with Crippen LogP contribution in [0.4, 0.5) is 14.5 Å². The number of nitrogens with zero attached hydrogens (tertiary/aromatic N) is 3. The fourth-order valence-corrected chi connectivity index (χ4v) is 3.44. The standard InChI is InChI=1S/C23H19F2N5O2S/c1-13-11-30-21(14(13)2)22(26-12-27-30)32-19-8-7-17(10-18(19)25)28-23(33)29-20(31)9-15-3-5-16(24)6-4-15/h3-8,10-12H,9H2,1-2H3,(H2,28,29,31,33). The molecule has 0 aliphatic carbocycles. The number of fused-ring (bicyclic) bond motifs is 1. The summed E-state index contributed by atoms with van der Waals surface area (Å²) in [7, 11) is 0. The Morgan fingerprint density at radius 3 is 2.64 bits per heavy atom. The van der Waals surface area contributed by atoms with Crippen LogP contribution >= 0.6 is 12.2 Å². The molecular formula is C23H19F2N5O2S. The Bertz CT molecular complexity index is 1360. The highest BCUT2D eigenvalue weighted by Gasteiger charge is 2.15. The SMILES string of the molecule is Cc1cn2ncnc(Oc3ccc(NC(=S)NC(=O)Cc4ccc(F)cc4)cc3F)c2c1C. The maximum Gasteiger partial charge on any atom is 0.247 e. The fraction of sp³-hybridized carbons (Fsp3) is 0.130. The number of nitrogens with one attached hydrogen (secondary N) is 2. The van der Waals surface area contributed by atoms with Gasteiger partial charge in [-0.25, -0.2) is 13.3 Å². The number of thiocarbonyl (C=S) groups is 1. The van der Waals surface area contributed by atoms with Crippen LogP contribution in [0.15, 0.2) is 55.0 Å². The van der Waals surface area contributed by atoms with Crippen molar-refractivity contribution in [3.8, 4) is 11.6 Å². The molecule has 0 spiro atoms. The minimum absolute atomic E-state index is 0.00646. The number of benzene rings is 2. The van der Waals surface area contributed by atoms with Crippen molar-refractivity contribution >= 4 is 34.4 Å². The third kappa shape index (κ3) is 5.12. The molecular weight excluding hydrogens is 448 g/mol. The zero-order chi connectivity index (χ0) is 23.5. The maximum absolute atomic E-state index is 14.7. The van der Waals surface area contributed by atoms with Crippen molar-refractivity contribution in [3.05, 3.63) is 83.3 Å². The van der Waals surface area contributed by atoms with Gasteiger partial charge in [-0.2, -0.15) is 10.1 Å². The molecule has 168 valence electrons. The van der Waals surface area contributed by atoms with E-state index in [4.69, 9.17) is 17.0 Å². The molecule has 4 aromatic rings. The molecule has 4 rings (SSSR count).